The number of nitrogens with one attached hydrogen (secondary N) is 1. The Morgan fingerprint density at radius 1 is 1.02 bits per heavy atom. The normalized spacial score (nSPS) is 20.4. The molecule has 1 heterocycles. The zero-order valence-corrected chi connectivity index (χ0v) is 26.6. The summed E-state index contributed by atoms with van der Waals surface area (Å²) in [5, 5.41) is 2.50. The van der Waals surface area contributed by atoms with E-state index in [0.717, 1.165) is 51.3 Å². The van der Waals surface area contributed by atoms with Crippen molar-refractivity contribution in [2.45, 2.75) is 64.9 Å². The molecule has 2 amide bonds. The predicted molar refractivity (Wildman–Crippen MR) is 174 cm³/mol. The summed E-state index contributed by atoms with van der Waals surface area (Å²) in [7, 11) is 0. The Morgan fingerprint density at radius 2 is 1.67 bits per heavy atom. The predicted octanol–water partition coefficient (Wildman–Crippen LogP) is 9.65. The fourth-order valence-corrected chi connectivity index (χ4v) is 7.00. The third kappa shape index (κ3) is 7.81. The molecule has 0 bridgehead atoms. The summed E-state index contributed by atoms with van der Waals surface area (Å²) >= 11 is 1.41. The van der Waals surface area contributed by atoms with Crippen LogP contribution in [0.1, 0.15) is 58.8 Å². The highest BCUT2D eigenvalue weighted by Gasteiger charge is 2.32. The van der Waals surface area contributed by atoms with E-state index in [1.807, 2.05) is 43.9 Å². The highest BCUT2D eigenvalue weighted by atomic mass is 32.2. The number of aliphatic imine (C=N–C) groups is 1. The topological polar surface area (TPSA) is 53.9 Å². The Morgan fingerprint density at radius 3 is 2.30 bits per heavy atom. The SMILES string of the molecule is Cc1cc(C)c(N2C(=NC(=O)NC(F)C(F)c3ccc(C4=CC(c5ccc(OC(F)(F)F)cc5)C=C4)cc3)SCCC2C)c(C)c1. The van der Waals surface area contributed by atoms with Crippen molar-refractivity contribution in [3.05, 3.63) is 112 Å². The molecule has 5 rings (SSSR count). The van der Waals surface area contributed by atoms with Crippen LogP contribution in [0.3, 0.4) is 0 Å². The molecule has 1 saturated heterocycles. The summed E-state index contributed by atoms with van der Waals surface area (Å²) < 4.78 is 71.5. The monoisotopic (exact) mass is 655 g/mol. The summed E-state index contributed by atoms with van der Waals surface area (Å²) in [5.74, 6) is 0.279. The van der Waals surface area contributed by atoms with Gasteiger partial charge in [-0.15, -0.1) is 13.2 Å². The smallest absolute Gasteiger partial charge is 0.406 e. The van der Waals surface area contributed by atoms with Crippen LogP contribution in [-0.2, 0) is 0 Å². The number of hydrogen-bond acceptors (Lipinski definition) is 3. The molecule has 1 aliphatic carbocycles. The number of amidine groups is 1. The molecule has 0 radical (unpaired) electrons. The zero-order valence-electron chi connectivity index (χ0n) is 25.7. The molecule has 3 aromatic rings. The maximum atomic E-state index is 15.2. The molecular formula is C35H34F5N3O2S. The number of thioether (sulfide) groups is 1. The van der Waals surface area contributed by atoms with E-state index in [1.165, 1.54) is 36.0 Å². The highest BCUT2D eigenvalue weighted by molar-refractivity contribution is 8.14. The average molecular weight is 656 g/mol. The number of allylic oxidation sites excluding steroid dienone is 4. The van der Waals surface area contributed by atoms with Crippen LogP contribution >= 0.6 is 11.8 Å². The van der Waals surface area contributed by atoms with Crippen LogP contribution in [0.25, 0.3) is 5.57 Å². The average Bonchev–Trinajstić information content (AvgIpc) is 3.48. The number of anilines is 1. The van der Waals surface area contributed by atoms with Gasteiger partial charge in [-0.05, 0) is 79.6 Å². The number of benzene rings is 3. The number of amides is 2. The fraction of sp³-hybridized carbons (Fsp3) is 0.314. The second-order valence-electron chi connectivity index (χ2n) is 11.5. The highest BCUT2D eigenvalue weighted by Crippen LogP contribution is 2.36. The van der Waals surface area contributed by atoms with E-state index >= 15 is 8.78 Å². The van der Waals surface area contributed by atoms with Gasteiger partial charge in [-0.25, -0.2) is 13.6 Å². The lowest BCUT2D eigenvalue weighted by molar-refractivity contribution is -0.274. The van der Waals surface area contributed by atoms with Gasteiger partial charge in [0.05, 0.1) is 0 Å². The minimum atomic E-state index is -4.76. The van der Waals surface area contributed by atoms with Crippen molar-refractivity contribution in [1.82, 2.24) is 5.32 Å². The molecule has 0 spiro atoms. The van der Waals surface area contributed by atoms with Crippen molar-refractivity contribution < 1.29 is 31.5 Å². The number of rotatable bonds is 7. The standard InChI is InChI=1S/C35H34F5N3O2S/c1-20-17-21(2)31(22(3)18-20)43-23(4)15-16-46-34(43)42-33(44)41-32(37)30(36)26-7-5-24(6-8-26)27-9-10-28(19-27)25-11-13-29(14-12-25)45-35(38,39)40/h5-14,17-19,23,28,30,32H,15-16H2,1-4H3,(H,41,44). The van der Waals surface area contributed by atoms with E-state index in [1.54, 1.807) is 24.3 Å². The first-order chi connectivity index (χ1) is 21.8. The van der Waals surface area contributed by atoms with Crippen molar-refractivity contribution >= 4 is 34.2 Å². The van der Waals surface area contributed by atoms with Gasteiger partial charge in [0.15, 0.2) is 11.3 Å². The van der Waals surface area contributed by atoms with Gasteiger partial charge in [0.25, 0.3) is 0 Å². The first kappa shape index (κ1) is 33.2. The van der Waals surface area contributed by atoms with Crippen LogP contribution in [0.4, 0.5) is 32.4 Å². The number of ether oxygens (including phenoxy) is 1. The molecule has 3 aromatic carbocycles. The Labute approximate surface area is 269 Å². The fourth-order valence-electron chi connectivity index (χ4n) is 5.80. The van der Waals surface area contributed by atoms with Crippen molar-refractivity contribution in [2.75, 3.05) is 10.7 Å². The van der Waals surface area contributed by atoms with Crippen LogP contribution in [0.2, 0.25) is 0 Å². The van der Waals surface area contributed by atoms with E-state index in [0.29, 0.717) is 5.17 Å². The number of nitrogens with zero attached hydrogens (tertiary/aromatic N) is 2. The number of carbonyl (C=O) groups excluding carboxylic acids is 1. The summed E-state index contributed by atoms with van der Waals surface area (Å²) in [6, 6.07) is 15.1. The number of alkyl halides is 5. The molecule has 1 fully saturated rings. The van der Waals surface area contributed by atoms with Gasteiger partial charge in [0.2, 0.25) is 6.30 Å². The van der Waals surface area contributed by atoms with E-state index in [9.17, 15) is 18.0 Å². The lowest BCUT2D eigenvalue weighted by atomic mass is 9.99. The molecule has 242 valence electrons. The first-order valence-electron chi connectivity index (χ1n) is 14.8. The van der Waals surface area contributed by atoms with Gasteiger partial charge < -0.3 is 15.0 Å². The molecule has 5 nitrogen and oxygen atoms in total. The molecule has 1 aliphatic heterocycles. The molecule has 46 heavy (non-hydrogen) atoms. The molecule has 11 heteroatoms. The lowest BCUT2D eigenvalue weighted by Gasteiger charge is -2.37. The molecule has 2 aliphatic rings. The molecule has 4 unspecified atom stereocenters. The minimum absolute atomic E-state index is 0.0526. The number of urea groups is 1. The van der Waals surface area contributed by atoms with E-state index in [2.05, 4.69) is 34.1 Å². The molecule has 1 N–H and O–H groups in total. The minimum Gasteiger partial charge on any atom is -0.406 e. The van der Waals surface area contributed by atoms with Crippen molar-refractivity contribution in [1.29, 1.82) is 0 Å². The van der Waals surface area contributed by atoms with Crippen molar-refractivity contribution in [3.8, 4) is 5.75 Å². The maximum absolute atomic E-state index is 15.2. The zero-order chi connectivity index (χ0) is 33.2. The van der Waals surface area contributed by atoms with Crippen LogP contribution in [0.5, 0.6) is 5.75 Å². The molecule has 4 atom stereocenters. The van der Waals surface area contributed by atoms with E-state index in [-0.39, 0.29) is 23.3 Å². The van der Waals surface area contributed by atoms with Crippen LogP contribution in [0.15, 0.2) is 83.9 Å². The third-order valence-corrected chi connectivity index (χ3v) is 8.89. The quantitative estimate of drug-likeness (QED) is 0.204. The van der Waals surface area contributed by atoms with Gasteiger partial charge in [-0.3, -0.25) is 0 Å². The molecule has 0 aromatic heterocycles. The number of halogens is 5. The van der Waals surface area contributed by atoms with Crippen molar-refractivity contribution in [3.63, 3.8) is 0 Å². The second kappa shape index (κ2) is 13.7. The van der Waals surface area contributed by atoms with Crippen molar-refractivity contribution in [2.24, 2.45) is 4.99 Å². The van der Waals surface area contributed by atoms with Crippen LogP contribution in [-0.4, -0.2) is 35.7 Å². The van der Waals surface area contributed by atoms with Crippen LogP contribution < -0.4 is 15.0 Å². The maximum Gasteiger partial charge on any atom is 0.573 e. The van der Waals surface area contributed by atoms with Gasteiger partial charge in [0, 0.05) is 23.4 Å². The number of aryl methyl sites for hydroxylation is 3. The van der Waals surface area contributed by atoms with E-state index in [4.69, 9.17) is 0 Å². The Kier molecular flexibility index (Phi) is 9.91. The van der Waals surface area contributed by atoms with Crippen LogP contribution in [0, 0.1) is 20.8 Å². The van der Waals surface area contributed by atoms with Gasteiger partial charge >= 0.3 is 12.4 Å². The third-order valence-electron chi connectivity index (χ3n) is 7.91. The number of carbonyl (C=O) groups is 1. The Bertz CT molecular complexity index is 1650. The van der Waals surface area contributed by atoms with Gasteiger partial charge in [-0.2, -0.15) is 4.99 Å². The molecule has 0 saturated carbocycles. The number of hydrogen-bond donors (Lipinski definition) is 1. The van der Waals surface area contributed by atoms with Gasteiger partial charge in [0.1, 0.15) is 5.75 Å². The second-order valence-corrected chi connectivity index (χ2v) is 12.6. The summed E-state index contributed by atoms with van der Waals surface area (Å²) in [4.78, 5) is 19.0. The largest absolute Gasteiger partial charge is 0.573 e. The molecular weight excluding hydrogens is 621 g/mol. The summed E-state index contributed by atoms with van der Waals surface area (Å²) in [5.41, 5.74) is 6.58. The summed E-state index contributed by atoms with van der Waals surface area (Å²) in [6.07, 6.45) is -2.64. The van der Waals surface area contributed by atoms with E-state index < -0.39 is 24.9 Å². The Balaban J connectivity index is 1.23. The van der Waals surface area contributed by atoms with Gasteiger partial charge in [-0.1, -0.05) is 84.1 Å². The Hall–Kier alpha value is -4.12. The lowest BCUT2D eigenvalue weighted by Crippen LogP contribution is -2.43. The summed E-state index contributed by atoms with van der Waals surface area (Å²) in [6.45, 7) is 8.09. The first-order valence-corrected chi connectivity index (χ1v) is 15.8.